The highest BCUT2D eigenvalue weighted by Gasteiger charge is 2.52. The quantitative estimate of drug-likeness (QED) is 0.339. The standard InChI is InChI=1S/C25H28N2O7/c1-4-33-23(28)21-19(26-17-9-7-6-8-10-17)15-25(3,30)22(24(29)34-5-2)20(21)16-11-13-18(14-12-16)27(31)32/h6-14,20,22,26,30H,4-5,15H2,1-3H3. The minimum Gasteiger partial charge on any atom is -0.466 e. The molecule has 0 aliphatic heterocycles. The molecule has 0 radical (unpaired) electrons. The summed E-state index contributed by atoms with van der Waals surface area (Å²) < 4.78 is 10.6. The molecular weight excluding hydrogens is 440 g/mol. The lowest BCUT2D eigenvalue weighted by Crippen LogP contribution is -2.49. The molecule has 2 aromatic rings. The number of aliphatic hydroxyl groups is 1. The van der Waals surface area contributed by atoms with E-state index in [2.05, 4.69) is 5.32 Å². The van der Waals surface area contributed by atoms with Crippen LogP contribution in [0, 0.1) is 16.0 Å². The fourth-order valence-corrected chi connectivity index (χ4v) is 4.33. The molecule has 0 bridgehead atoms. The van der Waals surface area contributed by atoms with Gasteiger partial charge in [0.25, 0.3) is 5.69 Å². The summed E-state index contributed by atoms with van der Waals surface area (Å²) in [6.07, 6.45) is -0.0387. The Morgan fingerprint density at radius 1 is 1.09 bits per heavy atom. The van der Waals surface area contributed by atoms with E-state index in [1.165, 1.54) is 31.2 Å². The molecule has 9 heteroatoms. The van der Waals surface area contributed by atoms with E-state index in [1.54, 1.807) is 13.8 Å². The van der Waals surface area contributed by atoms with Crippen LogP contribution in [0.5, 0.6) is 0 Å². The summed E-state index contributed by atoms with van der Waals surface area (Å²) in [6, 6.07) is 14.7. The normalized spacial score (nSPS) is 22.1. The number of nitrogens with zero attached hydrogens (tertiary/aromatic N) is 1. The van der Waals surface area contributed by atoms with E-state index in [-0.39, 0.29) is 30.9 Å². The maximum atomic E-state index is 13.2. The molecule has 0 aromatic heterocycles. The van der Waals surface area contributed by atoms with Crippen LogP contribution in [-0.4, -0.2) is 40.8 Å². The van der Waals surface area contributed by atoms with Gasteiger partial charge in [0.15, 0.2) is 0 Å². The van der Waals surface area contributed by atoms with Gasteiger partial charge in [-0.15, -0.1) is 0 Å². The van der Waals surface area contributed by atoms with Crippen molar-refractivity contribution in [2.45, 2.75) is 38.7 Å². The molecule has 0 heterocycles. The van der Waals surface area contributed by atoms with Crippen LogP contribution in [0.15, 0.2) is 65.9 Å². The van der Waals surface area contributed by atoms with Crippen molar-refractivity contribution in [1.82, 2.24) is 0 Å². The second kappa shape index (κ2) is 10.5. The van der Waals surface area contributed by atoms with Gasteiger partial charge < -0.3 is 19.9 Å². The average molecular weight is 469 g/mol. The number of esters is 2. The van der Waals surface area contributed by atoms with Gasteiger partial charge in [-0.1, -0.05) is 30.3 Å². The van der Waals surface area contributed by atoms with Crippen LogP contribution in [0.3, 0.4) is 0 Å². The van der Waals surface area contributed by atoms with Crippen LogP contribution in [0.2, 0.25) is 0 Å². The summed E-state index contributed by atoms with van der Waals surface area (Å²) in [6.45, 7) is 5.04. The first-order valence-corrected chi connectivity index (χ1v) is 11.0. The highest BCUT2D eigenvalue weighted by molar-refractivity contribution is 5.94. The van der Waals surface area contributed by atoms with Gasteiger partial charge in [0.2, 0.25) is 0 Å². The molecule has 2 N–H and O–H groups in total. The molecular formula is C25H28N2O7. The van der Waals surface area contributed by atoms with Crippen molar-refractivity contribution >= 4 is 23.3 Å². The van der Waals surface area contributed by atoms with E-state index in [1.807, 2.05) is 30.3 Å². The SMILES string of the molecule is CCOC(=O)C1=C(Nc2ccccc2)CC(C)(O)C(C(=O)OCC)C1c1ccc([N+](=O)[O-])cc1. The molecule has 0 fully saturated rings. The molecule has 3 rings (SSSR count). The number of para-hydroxylation sites is 1. The molecule has 1 aliphatic rings. The maximum Gasteiger partial charge on any atom is 0.336 e. The molecule has 34 heavy (non-hydrogen) atoms. The van der Waals surface area contributed by atoms with E-state index in [0.717, 1.165) is 0 Å². The number of hydrogen-bond donors (Lipinski definition) is 2. The first kappa shape index (κ1) is 24.9. The van der Waals surface area contributed by atoms with Crippen molar-refractivity contribution in [3.63, 3.8) is 0 Å². The number of ether oxygens (including phenoxy) is 2. The molecule has 1 aliphatic carbocycles. The van der Waals surface area contributed by atoms with Crippen molar-refractivity contribution in [1.29, 1.82) is 0 Å². The lowest BCUT2D eigenvalue weighted by molar-refractivity contribution is -0.384. The number of nitro benzene ring substituents is 1. The minimum atomic E-state index is -1.59. The Morgan fingerprint density at radius 3 is 2.26 bits per heavy atom. The predicted octanol–water partition coefficient (Wildman–Crippen LogP) is 3.94. The Labute approximate surface area is 197 Å². The molecule has 180 valence electrons. The number of rotatable bonds is 8. The van der Waals surface area contributed by atoms with Gasteiger partial charge in [-0.25, -0.2) is 4.79 Å². The van der Waals surface area contributed by atoms with Crippen LogP contribution in [0.4, 0.5) is 11.4 Å². The average Bonchev–Trinajstić information content (AvgIpc) is 2.79. The summed E-state index contributed by atoms with van der Waals surface area (Å²) in [7, 11) is 0. The Morgan fingerprint density at radius 2 is 1.71 bits per heavy atom. The largest absolute Gasteiger partial charge is 0.466 e. The highest BCUT2D eigenvalue weighted by atomic mass is 16.6. The summed E-state index contributed by atoms with van der Waals surface area (Å²) in [4.78, 5) is 36.9. The number of benzene rings is 2. The zero-order valence-corrected chi connectivity index (χ0v) is 19.3. The van der Waals surface area contributed by atoms with E-state index < -0.39 is 34.3 Å². The summed E-state index contributed by atoms with van der Waals surface area (Å²) in [5.74, 6) is -3.42. The smallest absolute Gasteiger partial charge is 0.336 e. The van der Waals surface area contributed by atoms with Crippen molar-refractivity contribution in [3.8, 4) is 0 Å². The van der Waals surface area contributed by atoms with E-state index in [9.17, 15) is 24.8 Å². The molecule has 0 amide bonds. The molecule has 3 unspecified atom stereocenters. The first-order valence-electron chi connectivity index (χ1n) is 11.0. The Balaban J connectivity index is 2.24. The highest BCUT2D eigenvalue weighted by Crippen LogP contribution is 2.48. The van der Waals surface area contributed by atoms with Gasteiger partial charge in [-0.05, 0) is 38.5 Å². The van der Waals surface area contributed by atoms with Gasteiger partial charge in [0.1, 0.15) is 0 Å². The molecule has 0 saturated heterocycles. The monoisotopic (exact) mass is 468 g/mol. The van der Waals surface area contributed by atoms with E-state index in [0.29, 0.717) is 16.9 Å². The topological polar surface area (TPSA) is 128 Å². The van der Waals surface area contributed by atoms with Crippen LogP contribution in [0.1, 0.15) is 38.7 Å². The summed E-state index contributed by atoms with van der Waals surface area (Å²) in [5, 5.41) is 25.8. The predicted molar refractivity (Wildman–Crippen MR) is 125 cm³/mol. The van der Waals surface area contributed by atoms with Gasteiger partial charge >= 0.3 is 11.9 Å². The number of non-ortho nitro benzene ring substituents is 1. The Kier molecular flexibility index (Phi) is 7.68. The number of nitro groups is 1. The van der Waals surface area contributed by atoms with Gasteiger partial charge in [0, 0.05) is 35.9 Å². The molecule has 0 spiro atoms. The van der Waals surface area contributed by atoms with Gasteiger partial charge in [-0.2, -0.15) is 0 Å². The number of carbonyl (C=O) groups excluding carboxylic acids is 2. The van der Waals surface area contributed by atoms with Gasteiger partial charge in [0.05, 0.1) is 35.2 Å². The second-order valence-corrected chi connectivity index (χ2v) is 8.19. The van der Waals surface area contributed by atoms with Gasteiger partial charge in [-0.3, -0.25) is 14.9 Å². The lowest BCUT2D eigenvalue weighted by Gasteiger charge is -2.43. The van der Waals surface area contributed by atoms with E-state index in [4.69, 9.17) is 9.47 Å². The number of nitrogens with one attached hydrogen (secondary N) is 1. The fourth-order valence-electron chi connectivity index (χ4n) is 4.33. The summed E-state index contributed by atoms with van der Waals surface area (Å²) >= 11 is 0. The Hall–Kier alpha value is -3.72. The number of carbonyl (C=O) groups is 2. The number of anilines is 1. The number of hydrogen-bond acceptors (Lipinski definition) is 8. The molecule has 0 saturated carbocycles. The van der Waals surface area contributed by atoms with Crippen molar-refractivity contribution in [2.24, 2.45) is 5.92 Å². The Bertz CT molecular complexity index is 1080. The van der Waals surface area contributed by atoms with Crippen molar-refractivity contribution in [2.75, 3.05) is 18.5 Å². The molecule has 3 atom stereocenters. The van der Waals surface area contributed by atoms with Crippen molar-refractivity contribution in [3.05, 3.63) is 81.5 Å². The zero-order valence-electron chi connectivity index (χ0n) is 19.3. The lowest BCUT2D eigenvalue weighted by atomic mass is 9.65. The van der Waals surface area contributed by atoms with Crippen LogP contribution in [-0.2, 0) is 19.1 Å². The first-order chi connectivity index (χ1) is 16.2. The van der Waals surface area contributed by atoms with Crippen molar-refractivity contribution < 1.29 is 29.1 Å². The van der Waals surface area contributed by atoms with Crippen LogP contribution < -0.4 is 5.32 Å². The van der Waals surface area contributed by atoms with E-state index >= 15 is 0 Å². The molecule has 2 aromatic carbocycles. The third-order valence-electron chi connectivity index (χ3n) is 5.74. The fraction of sp³-hybridized carbons (Fsp3) is 0.360. The molecule has 9 nitrogen and oxygen atoms in total. The third kappa shape index (κ3) is 5.26. The van der Waals surface area contributed by atoms with Crippen LogP contribution in [0.25, 0.3) is 0 Å². The maximum absolute atomic E-state index is 13.2. The zero-order chi connectivity index (χ0) is 24.9. The van der Waals surface area contributed by atoms with Crippen LogP contribution >= 0.6 is 0 Å². The second-order valence-electron chi connectivity index (χ2n) is 8.19. The summed E-state index contributed by atoms with van der Waals surface area (Å²) in [5.41, 5.74) is -0.0246. The third-order valence-corrected chi connectivity index (χ3v) is 5.74. The minimum absolute atomic E-state index is 0.0387.